The van der Waals surface area contributed by atoms with Crippen molar-refractivity contribution in [1.82, 2.24) is 20.9 Å². The number of aliphatic hydroxyl groups excluding tert-OH is 1. The van der Waals surface area contributed by atoms with Crippen molar-refractivity contribution in [3.05, 3.63) is 94.0 Å². The zero-order valence-electron chi connectivity index (χ0n) is 37.9. The smallest absolute Gasteiger partial charge is 0.251 e. The number of nitrogens with zero attached hydrogens (tertiary/aromatic N) is 2. The second-order valence-electron chi connectivity index (χ2n) is 19.0. The van der Waals surface area contributed by atoms with E-state index in [1.54, 1.807) is 37.4 Å². The molecule has 4 N–H and O–H groups in total. The molecule has 14 heteroatoms. The number of aryl methyl sites for hydroxylation is 1. The largest absolute Gasteiger partial charge is 0.497 e. The van der Waals surface area contributed by atoms with Gasteiger partial charge in [0.25, 0.3) is 5.91 Å². The van der Waals surface area contributed by atoms with Crippen LogP contribution in [0.4, 0.5) is 0 Å². The molecule has 1 aliphatic heterocycles. The number of halogens is 1. The lowest BCUT2D eigenvalue weighted by Gasteiger charge is -2.63. The molecule has 3 aromatic carbocycles. The summed E-state index contributed by atoms with van der Waals surface area (Å²) in [6, 6.07) is 20.2. The SMILES string of the molecule is COc1ccc(CNC(=O)[C@@H]2C[C@@H](O)CN2C(=O)[C@@H](NC(=O)COCCCCCCc2ccc(C(=O)NC3C(C)(C)C(Oc4ccc(C#N)c(Cl)c4)C3(C)C)cc2)C(C)(C)C)cc1. The Labute approximate surface area is 377 Å². The highest BCUT2D eigenvalue weighted by Crippen LogP contribution is 2.55. The number of likely N-dealkylation sites (tertiary alicyclic amines) is 1. The summed E-state index contributed by atoms with van der Waals surface area (Å²) in [5.41, 5.74) is 1.59. The van der Waals surface area contributed by atoms with E-state index in [2.05, 4.69) is 49.7 Å². The number of methoxy groups -OCH3 is 1. The minimum absolute atomic E-state index is 0.00317. The number of nitriles is 1. The number of nitrogens with one attached hydrogen (secondary N) is 3. The number of β-amino-alcohol motifs (C(OH)–C–C–N with tert-alkyl or cyclic N) is 1. The Morgan fingerprint density at radius 1 is 0.921 bits per heavy atom. The highest BCUT2D eigenvalue weighted by molar-refractivity contribution is 6.31. The number of benzene rings is 3. The molecule has 0 radical (unpaired) electrons. The van der Waals surface area contributed by atoms with Crippen molar-refractivity contribution in [2.45, 2.75) is 124 Å². The third kappa shape index (κ3) is 12.3. The van der Waals surface area contributed by atoms with Gasteiger partial charge in [-0.3, -0.25) is 19.2 Å². The fourth-order valence-corrected chi connectivity index (χ4v) is 9.27. The fraction of sp³-hybridized carbons (Fsp3) is 0.531. The van der Waals surface area contributed by atoms with E-state index in [-0.39, 0.29) is 60.9 Å². The monoisotopic (exact) mass is 885 g/mol. The standard InChI is InChI=1S/C49H64ClN5O8/c1-47(2,3)41(44(60)55-29-35(56)25-39(55)43(59)52-28-32-16-21-36(61-8)22-17-32)53-40(57)30-62-24-12-10-9-11-13-31-14-18-33(19-15-31)42(58)54-45-48(4,5)46(49(45,6)7)63-37-23-20-34(27-51)38(50)26-37/h14-23,26,35,39,41,45-46,56H,9-13,24-25,28-30H2,1-8H3,(H,52,59)(H,53,57)(H,54,58)/t35-,39+,41-,45?,46?/m1/s1. The van der Waals surface area contributed by atoms with Gasteiger partial charge in [-0.1, -0.05) is 97.2 Å². The molecule has 340 valence electrons. The number of hydrogen-bond acceptors (Lipinski definition) is 9. The predicted octanol–water partition coefficient (Wildman–Crippen LogP) is 6.76. The average Bonchev–Trinajstić information content (AvgIpc) is 3.65. The van der Waals surface area contributed by atoms with Crippen LogP contribution in [-0.4, -0.2) is 90.8 Å². The molecular formula is C49H64ClN5O8. The van der Waals surface area contributed by atoms with Gasteiger partial charge >= 0.3 is 0 Å². The topological polar surface area (TPSA) is 179 Å². The third-order valence-electron chi connectivity index (χ3n) is 12.3. The van der Waals surface area contributed by atoms with Crippen LogP contribution in [0.3, 0.4) is 0 Å². The predicted molar refractivity (Wildman–Crippen MR) is 241 cm³/mol. The molecule has 3 aromatic rings. The summed E-state index contributed by atoms with van der Waals surface area (Å²) in [5, 5.41) is 29.0. The molecule has 0 aromatic heterocycles. The zero-order valence-corrected chi connectivity index (χ0v) is 38.6. The van der Waals surface area contributed by atoms with Crippen LogP contribution in [0.1, 0.15) is 108 Å². The number of amides is 4. The summed E-state index contributed by atoms with van der Waals surface area (Å²) < 4.78 is 17.2. The molecule has 4 amide bonds. The Balaban J connectivity index is 0.990. The molecule has 63 heavy (non-hydrogen) atoms. The molecule has 13 nitrogen and oxygen atoms in total. The quantitative estimate of drug-likeness (QED) is 0.0947. The maximum Gasteiger partial charge on any atom is 0.251 e. The first-order valence-electron chi connectivity index (χ1n) is 21.8. The summed E-state index contributed by atoms with van der Waals surface area (Å²) >= 11 is 6.23. The number of carbonyl (C=O) groups excluding carboxylic acids is 4. The third-order valence-corrected chi connectivity index (χ3v) is 12.6. The molecular weight excluding hydrogens is 822 g/mol. The van der Waals surface area contributed by atoms with E-state index in [1.165, 1.54) is 4.90 Å². The van der Waals surface area contributed by atoms with Crippen LogP contribution in [-0.2, 0) is 32.1 Å². The molecule has 1 saturated heterocycles. The lowest BCUT2D eigenvalue weighted by Crippen LogP contribution is -2.74. The van der Waals surface area contributed by atoms with Crippen LogP contribution in [0.15, 0.2) is 66.7 Å². The Morgan fingerprint density at radius 2 is 1.56 bits per heavy atom. The van der Waals surface area contributed by atoms with Crippen LogP contribution in [0, 0.1) is 27.6 Å². The first-order valence-corrected chi connectivity index (χ1v) is 22.2. The number of ether oxygens (including phenoxy) is 3. The molecule has 1 heterocycles. The van der Waals surface area contributed by atoms with Crippen LogP contribution in [0.25, 0.3) is 0 Å². The highest BCUT2D eigenvalue weighted by Gasteiger charge is 2.64. The molecule has 2 fully saturated rings. The second-order valence-corrected chi connectivity index (χ2v) is 19.4. The maximum atomic E-state index is 13.9. The van der Waals surface area contributed by atoms with Crippen molar-refractivity contribution < 1.29 is 38.5 Å². The van der Waals surface area contributed by atoms with E-state index in [1.807, 2.05) is 57.2 Å². The van der Waals surface area contributed by atoms with Gasteiger partial charge in [0.05, 0.1) is 23.8 Å². The van der Waals surface area contributed by atoms with E-state index in [0.29, 0.717) is 34.3 Å². The molecule has 0 unspecified atom stereocenters. The molecule has 0 spiro atoms. The molecule has 1 saturated carbocycles. The van der Waals surface area contributed by atoms with E-state index < -0.39 is 35.4 Å². The normalized spacial score (nSPS) is 20.4. The summed E-state index contributed by atoms with van der Waals surface area (Å²) in [6.07, 6.45) is 3.55. The van der Waals surface area contributed by atoms with Crippen LogP contribution < -0.4 is 25.4 Å². The molecule has 3 atom stereocenters. The lowest BCUT2D eigenvalue weighted by atomic mass is 9.49. The van der Waals surface area contributed by atoms with Gasteiger partial charge in [0.2, 0.25) is 17.7 Å². The van der Waals surface area contributed by atoms with Gasteiger partial charge in [0.1, 0.15) is 42.4 Å². The van der Waals surface area contributed by atoms with Crippen LogP contribution in [0.2, 0.25) is 5.02 Å². The number of aliphatic hydroxyl groups is 1. The van der Waals surface area contributed by atoms with Crippen LogP contribution >= 0.6 is 11.6 Å². The number of unbranched alkanes of at least 4 members (excludes halogenated alkanes) is 3. The number of hydrogen-bond donors (Lipinski definition) is 4. The van der Waals surface area contributed by atoms with Gasteiger partial charge in [-0.25, -0.2) is 0 Å². The fourth-order valence-electron chi connectivity index (χ4n) is 9.06. The molecule has 5 rings (SSSR count). The number of rotatable bonds is 19. The van der Waals surface area contributed by atoms with Gasteiger partial charge in [-0.15, -0.1) is 0 Å². The van der Waals surface area contributed by atoms with Gasteiger partial charge in [-0.05, 0) is 72.2 Å². The van der Waals surface area contributed by atoms with E-state index in [9.17, 15) is 29.5 Å². The molecule has 1 aliphatic carbocycles. The molecule has 0 bridgehead atoms. The highest BCUT2D eigenvalue weighted by atomic mass is 35.5. The van der Waals surface area contributed by atoms with Crippen molar-refractivity contribution in [3.63, 3.8) is 0 Å². The van der Waals surface area contributed by atoms with Crippen molar-refractivity contribution in [2.24, 2.45) is 16.2 Å². The Hall–Kier alpha value is -5.16. The first-order chi connectivity index (χ1) is 29.8. The van der Waals surface area contributed by atoms with Gasteiger partial charge in [-0.2, -0.15) is 5.26 Å². The summed E-state index contributed by atoms with van der Waals surface area (Å²) in [5.74, 6) is -0.0710. The number of carbonyl (C=O) groups is 4. The first kappa shape index (κ1) is 48.9. The summed E-state index contributed by atoms with van der Waals surface area (Å²) in [6.45, 7) is 14.3. The van der Waals surface area contributed by atoms with Gasteiger partial charge < -0.3 is 40.2 Å². The Bertz CT molecular complexity index is 2100. The lowest BCUT2D eigenvalue weighted by molar-refractivity contribution is -0.164. The van der Waals surface area contributed by atoms with E-state index in [0.717, 1.165) is 43.2 Å². The van der Waals surface area contributed by atoms with Crippen molar-refractivity contribution in [3.8, 4) is 17.6 Å². The van der Waals surface area contributed by atoms with E-state index >= 15 is 0 Å². The maximum absolute atomic E-state index is 13.9. The minimum atomic E-state index is -0.933. The summed E-state index contributed by atoms with van der Waals surface area (Å²) in [4.78, 5) is 54.8. The van der Waals surface area contributed by atoms with Gasteiger partial charge in [0.15, 0.2) is 0 Å². The average molecular weight is 887 g/mol. The van der Waals surface area contributed by atoms with Crippen molar-refractivity contribution in [1.29, 1.82) is 5.26 Å². The minimum Gasteiger partial charge on any atom is -0.497 e. The van der Waals surface area contributed by atoms with Crippen LogP contribution in [0.5, 0.6) is 11.5 Å². The zero-order chi connectivity index (χ0) is 46.1. The Morgan fingerprint density at radius 3 is 2.17 bits per heavy atom. The summed E-state index contributed by atoms with van der Waals surface area (Å²) in [7, 11) is 1.58. The second kappa shape index (κ2) is 21.0. The Kier molecular flexibility index (Phi) is 16.3. The van der Waals surface area contributed by atoms with Crippen molar-refractivity contribution in [2.75, 3.05) is 26.9 Å². The van der Waals surface area contributed by atoms with Gasteiger partial charge in [0, 0.05) is 54.6 Å². The van der Waals surface area contributed by atoms with E-state index in [4.69, 9.17) is 25.8 Å². The molecule has 2 aliphatic rings. The van der Waals surface area contributed by atoms with Crippen molar-refractivity contribution >= 4 is 35.2 Å².